The van der Waals surface area contributed by atoms with E-state index >= 15 is 0 Å². The van der Waals surface area contributed by atoms with Gasteiger partial charge in [0.1, 0.15) is 17.8 Å². The van der Waals surface area contributed by atoms with Crippen LogP contribution in [0.3, 0.4) is 0 Å². The summed E-state index contributed by atoms with van der Waals surface area (Å²) in [5.74, 6) is -4.03. The molecule has 0 atom stereocenters. The van der Waals surface area contributed by atoms with Crippen molar-refractivity contribution in [2.24, 2.45) is 0 Å². The van der Waals surface area contributed by atoms with Gasteiger partial charge in [-0.15, -0.1) is 0 Å². The van der Waals surface area contributed by atoms with E-state index in [1.165, 1.54) is 12.1 Å². The molecular weight excluding hydrogens is 404 g/mol. The quantitative estimate of drug-likeness (QED) is 0.352. The first-order chi connectivity index (χ1) is 14.8. The summed E-state index contributed by atoms with van der Waals surface area (Å²) >= 11 is 0. The van der Waals surface area contributed by atoms with Crippen molar-refractivity contribution in [2.75, 3.05) is 10.9 Å². The minimum absolute atomic E-state index is 0.167. The van der Waals surface area contributed by atoms with E-state index in [9.17, 15) is 29.4 Å². The van der Waals surface area contributed by atoms with Gasteiger partial charge in [-0.2, -0.15) is 0 Å². The molecule has 0 saturated carbocycles. The lowest BCUT2D eigenvalue weighted by atomic mass is 10.2. The Kier molecular flexibility index (Phi) is 4.88. The van der Waals surface area contributed by atoms with Crippen LogP contribution in [0, 0.1) is 0 Å². The van der Waals surface area contributed by atoms with Gasteiger partial charge in [-0.05, 0) is 24.3 Å². The third-order valence-electron chi connectivity index (χ3n) is 4.65. The Hall–Kier alpha value is -4.60. The maximum absolute atomic E-state index is 12.4. The van der Waals surface area contributed by atoms with E-state index in [2.05, 4.69) is 10.9 Å². The number of aromatic carboxylic acids is 2. The van der Waals surface area contributed by atoms with Gasteiger partial charge in [0.05, 0.1) is 11.0 Å². The molecule has 0 saturated heterocycles. The maximum Gasteiger partial charge on any atom is 0.354 e. The molecule has 0 aliphatic carbocycles. The molecule has 2 aromatic heterocycles. The number of nitrogens with one attached hydrogen (secondary N) is 2. The van der Waals surface area contributed by atoms with Crippen LogP contribution >= 0.6 is 0 Å². The molecule has 156 valence electrons. The van der Waals surface area contributed by atoms with Gasteiger partial charge < -0.3 is 10.2 Å². The molecule has 0 aliphatic rings. The number of carboxylic acid groups (broad SMARTS) is 2. The Bertz CT molecular complexity index is 1260. The molecule has 2 heterocycles. The van der Waals surface area contributed by atoms with Crippen molar-refractivity contribution >= 4 is 45.6 Å². The number of benzene rings is 2. The number of aromatic nitrogens is 2. The smallest absolute Gasteiger partial charge is 0.354 e. The minimum Gasteiger partial charge on any atom is -0.477 e. The van der Waals surface area contributed by atoms with Crippen LogP contribution in [-0.2, 0) is 9.59 Å². The van der Waals surface area contributed by atoms with Crippen molar-refractivity contribution < 1.29 is 29.4 Å². The number of para-hydroxylation sites is 2. The zero-order valence-electron chi connectivity index (χ0n) is 15.9. The van der Waals surface area contributed by atoms with Gasteiger partial charge in [0.25, 0.3) is 0 Å². The van der Waals surface area contributed by atoms with E-state index in [1.807, 2.05) is 0 Å². The molecule has 0 radical (unpaired) electrons. The normalized spacial score (nSPS) is 10.8. The predicted molar refractivity (Wildman–Crippen MR) is 111 cm³/mol. The topological polar surface area (TPSA) is 143 Å². The number of carboxylic acids is 2. The number of nitrogens with zero attached hydrogens (tertiary/aromatic N) is 2. The number of carbonyl (C=O) groups is 4. The molecule has 4 aromatic rings. The second kappa shape index (κ2) is 7.67. The van der Waals surface area contributed by atoms with Gasteiger partial charge in [0.15, 0.2) is 0 Å². The summed E-state index contributed by atoms with van der Waals surface area (Å²) in [4.78, 5) is 47.9. The van der Waals surface area contributed by atoms with Crippen molar-refractivity contribution in [1.29, 1.82) is 0 Å². The van der Waals surface area contributed by atoms with Crippen LogP contribution in [0.1, 0.15) is 27.4 Å². The summed E-state index contributed by atoms with van der Waals surface area (Å²) in [6.45, 7) is 0. The van der Waals surface area contributed by atoms with Crippen molar-refractivity contribution in [2.45, 2.75) is 6.42 Å². The van der Waals surface area contributed by atoms with Crippen molar-refractivity contribution in [3.05, 3.63) is 72.1 Å². The van der Waals surface area contributed by atoms with E-state index in [4.69, 9.17) is 0 Å². The lowest BCUT2D eigenvalue weighted by molar-refractivity contribution is -0.124. The lowest BCUT2D eigenvalue weighted by Gasteiger charge is -2.12. The third kappa shape index (κ3) is 3.69. The molecular formula is C21H16N4O6. The number of hydrogen-bond acceptors (Lipinski definition) is 4. The molecule has 0 spiro atoms. The molecule has 0 bridgehead atoms. The van der Waals surface area contributed by atoms with E-state index in [-0.39, 0.29) is 11.4 Å². The number of fused-ring (bicyclic) bond motifs is 2. The first kappa shape index (κ1) is 19.7. The summed E-state index contributed by atoms with van der Waals surface area (Å²) in [6, 6.07) is 16.3. The van der Waals surface area contributed by atoms with Crippen LogP contribution in [0.25, 0.3) is 21.8 Å². The molecule has 31 heavy (non-hydrogen) atoms. The number of hydrogen-bond donors (Lipinski definition) is 4. The van der Waals surface area contributed by atoms with Gasteiger partial charge in [-0.3, -0.25) is 20.4 Å². The molecule has 4 rings (SSSR count). The Balaban J connectivity index is 1.55. The number of carbonyl (C=O) groups excluding carboxylic acids is 2. The van der Waals surface area contributed by atoms with Crippen LogP contribution in [0.4, 0.5) is 0 Å². The highest BCUT2D eigenvalue weighted by molar-refractivity contribution is 6.06. The standard InChI is InChI=1S/C21H16N4O6/c26-18(22-24-14-7-3-1-5-12(14)9-16(24)20(28)29)11-19(27)23-25-15-8-4-2-6-13(15)10-17(25)21(30)31/h1-10H,11H2,(H,22,26)(H,23,27)(H,28,29)(H,30,31). The van der Waals surface area contributed by atoms with E-state index in [1.54, 1.807) is 48.5 Å². The first-order valence-electron chi connectivity index (χ1n) is 9.12. The highest BCUT2D eigenvalue weighted by Gasteiger charge is 2.20. The average molecular weight is 420 g/mol. The van der Waals surface area contributed by atoms with Crippen LogP contribution in [0.15, 0.2) is 60.7 Å². The Morgan fingerprint density at radius 1 is 0.677 bits per heavy atom. The van der Waals surface area contributed by atoms with Gasteiger partial charge in [0, 0.05) is 10.8 Å². The van der Waals surface area contributed by atoms with Crippen LogP contribution < -0.4 is 10.9 Å². The predicted octanol–water partition coefficient (Wildman–Crippen LogP) is 2.22. The van der Waals surface area contributed by atoms with Crippen molar-refractivity contribution in [3.63, 3.8) is 0 Å². The molecule has 10 nitrogen and oxygen atoms in total. The molecule has 0 aliphatic heterocycles. The van der Waals surface area contributed by atoms with E-state index < -0.39 is 30.2 Å². The van der Waals surface area contributed by atoms with Gasteiger partial charge in [-0.25, -0.2) is 18.9 Å². The third-order valence-corrected chi connectivity index (χ3v) is 4.65. The second-order valence-electron chi connectivity index (χ2n) is 6.70. The van der Waals surface area contributed by atoms with Crippen LogP contribution in [-0.4, -0.2) is 43.3 Å². The summed E-state index contributed by atoms with van der Waals surface area (Å²) in [5.41, 5.74) is 5.40. The fraction of sp³-hybridized carbons (Fsp3) is 0.0476. The number of amides is 2. The highest BCUT2D eigenvalue weighted by Crippen LogP contribution is 2.20. The summed E-state index contributed by atoms with van der Waals surface area (Å²) in [5, 5.41) is 20.0. The van der Waals surface area contributed by atoms with Crippen LogP contribution in [0.5, 0.6) is 0 Å². The first-order valence-corrected chi connectivity index (χ1v) is 9.12. The second-order valence-corrected chi connectivity index (χ2v) is 6.70. The highest BCUT2D eigenvalue weighted by atomic mass is 16.4. The van der Waals surface area contributed by atoms with Gasteiger partial charge >= 0.3 is 11.9 Å². The molecule has 0 fully saturated rings. The average Bonchev–Trinajstić information content (AvgIpc) is 3.27. The monoisotopic (exact) mass is 420 g/mol. The summed E-state index contributed by atoms with van der Waals surface area (Å²) in [6.07, 6.45) is -0.656. The molecule has 2 aromatic carbocycles. The Morgan fingerprint density at radius 3 is 1.45 bits per heavy atom. The fourth-order valence-corrected chi connectivity index (χ4v) is 3.34. The molecule has 0 unspecified atom stereocenters. The SMILES string of the molecule is O=C(CC(=O)Nn1c(C(=O)O)cc2ccccc21)Nn1c(C(=O)O)cc2ccccc21. The minimum atomic E-state index is -1.24. The Labute approximate surface area is 174 Å². The van der Waals surface area contributed by atoms with E-state index in [0.29, 0.717) is 21.8 Å². The zero-order chi connectivity index (χ0) is 22.1. The fourth-order valence-electron chi connectivity index (χ4n) is 3.34. The molecule has 2 amide bonds. The van der Waals surface area contributed by atoms with Gasteiger partial charge in [-0.1, -0.05) is 36.4 Å². The molecule has 10 heteroatoms. The zero-order valence-corrected chi connectivity index (χ0v) is 15.9. The van der Waals surface area contributed by atoms with Gasteiger partial charge in [0.2, 0.25) is 11.8 Å². The lowest BCUT2D eigenvalue weighted by Crippen LogP contribution is -2.32. The number of rotatable bonds is 6. The Morgan fingerprint density at radius 2 is 1.06 bits per heavy atom. The van der Waals surface area contributed by atoms with Crippen molar-refractivity contribution in [3.8, 4) is 0 Å². The molecule has 4 N–H and O–H groups in total. The van der Waals surface area contributed by atoms with Crippen molar-refractivity contribution in [1.82, 2.24) is 9.35 Å². The van der Waals surface area contributed by atoms with E-state index in [0.717, 1.165) is 9.35 Å². The maximum atomic E-state index is 12.4. The summed E-state index contributed by atoms with van der Waals surface area (Å²) < 4.78 is 2.20. The largest absolute Gasteiger partial charge is 0.477 e. The van der Waals surface area contributed by atoms with Crippen LogP contribution in [0.2, 0.25) is 0 Å². The summed E-state index contributed by atoms with van der Waals surface area (Å²) in [7, 11) is 0.